The molecule has 1 aliphatic rings. The smallest absolute Gasteiger partial charge is 0.177 e. The maximum atomic E-state index is 6.13. The lowest BCUT2D eigenvalue weighted by molar-refractivity contribution is 0.225. The molecule has 98 valence electrons. The molecule has 0 saturated heterocycles. The van der Waals surface area contributed by atoms with Crippen LogP contribution in [0.4, 0.5) is 0 Å². The summed E-state index contributed by atoms with van der Waals surface area (Å²) in [5.41, 5.74) is 4.47. The molecule has 1 aromatic heterocycles. The third kappa shape index (κ3) is 2.24. The van der Waals surface area contributed by atoms with Crippen LogP contribution in [0, 0.1) is 13.8 Å². The number of ether oxygens (including phenoxy) is 1. The molecule has 0 radical (unpaired) electrons. The molecule has 0 amide bonds. The van der Waals surface area contributed by atoms with Crippen molar-refractivity contribution in [3.8, 4) is 5.75 Å². The first-order valence-corrected chi connectivity index (χ1v) is 7.58. The Bertz CT molecular complexity index is 693. The lowest BCUT2D eigenvalue weighted by atomic mass is 10.0. The zero-order valence-corrected chi connectivity index (χ0v) is 13.5. The van der Waals surface area contributed by atoms with E-state index in [-0.39, 0.29) is 3.61 Å². The average molecular weight is 365 g/mol. The van der Waals surface area contributed by atoms with Gasteiger partial charge in [-0.15, -0.1) is 0 Å². The summed E-state index contributed by atoms with van der Waals surface area (Å²) in [6.07, 6.45) is 5.23. The van der Waals surface area contributed by atoms with Gasteiger partial charge in [0.25, 0.3) is 0 Å². The number of aryl methyl sites for hydroxylation is 2. The molecule has 0 bridgehead atoms. The van der Waals surface area contributed by atoms with Crippen LogP contribution in [-0.2, 0) is 0 Å². The third-order valence-electron chi connectivity index (χ3n) is 3.55. The number of halogens is 1. The number of benzene rings is 1. The Balaban J connectivity index is 2.22. The van der Waals surface area contributed by atoms with Gasteiger partial charge in [0.15, 0.2) is 3.61 Å². The van der Waals surface area contributed by atoms with Crippen molar-refractivity contribution in [2.24, 2.45) is 0 Å². The number of pyridine rings is 1. The van der Waals surface area contributed by atoms with Crippen LogP contribution in [-0.4, -0.2) is 8.59 Å². The molecule has 0 N–H and O–H groups in total. The van der Waals surface area contributed by atoms with Crippen LogP contribution in [0.25, 0.3) is 17.0 Å². The van der Waals surface area contributed by atoms with Gasteiger partial charge in [-0.25, -0.2) is 0 Å². The van der Waals surface area contributed by atoms with E-state index in [0.29, 0.717) is 0 Å². The van der Waals surface area contributed by atoms with E-state index in [1.54, 1.807) is 0 Å². The highest BCUT2D eigenvalue weighted by atomic mass is 127. The fraction of sp³-hybridized carbons (Fsp3) is 0.312. The van der Waals surface area contributed by atoms with E-state index in [9.17, 15) is 0 Å². The molecule has 2 aromatic rings. The summed E-state index contributed by atoms with van der Waals surface area (Å²) in [5.74, 6) is 0.958. The minimum Gasteiger partial charge on any atom is -0.472 e. The Kier molecular flexibility index (Phi) is 3.04. The Morgan fingerprint density at radius 1 is 1.26 bits per heavy atom. The molecule has 1 atom stereocenters. The largest absolute Gasteiger partial charge is 0.472 e. The van der Waals surface area contributed by atoms with E-state index < -0.39 is 0 Å². The van der Waals surface area contributed by atoms with E-state index in [2.05, 4.69) is 71.8 Å². The average Bonchev–Trinajstić information content (AvgIpc) is 2.37. The molecule has 0 fully saturated rings. The lowest BCUT2D eigenvalue weighted by Gasteiger charge is -2.29. The summed E-state index contributed by atoms with van der Waals surface area (Å²) >= 11 is 2.36. The quantitative estimate of drug-likeness (QED) is 0.535. The van der Waals surface area contributed by atoms with Gasteiger partial charge in [-0.1, -0.05) is 13.0 Å². The van der Waals surface area contributed by atoms with Gasteiger partial charge in [0, 0.05) is 16.6 Å². The minimum absolute atomic E-state index is 0.218. The zero-order valence-electron chi connectivity index (χ0n) is 11.3. The summed E-state index contributed by atoms with van der Waals surface area (Å²) in [4.78, 5) is 4.61. The fourth-order valence-electron chi connectivity index (χ4n) is 2.45. The highest BCUT2D eigenvalue weighted by Crippen LogP contribution is 2.39. The van der Waals surface area contributed by atoms with Crippen molar-refractivity contribution in [1.82, 2.24) is 4.98 Å². The summed E-state index contributed by atoms with van der Waals surface area (Å²) in [6, 6.07) is 6.36. The van der Waals surface area contributed by atoms with Crippen LogP contribution >= 0.6 is 22.6 Å². The van der Waals surface area contributed by atoms with Crippen molar-refractivity contribution in [3.63, 3.8) is 0 Å². The Morgan fingerprint density at radius 2 is 2.05 bits per heavy atom. The lowest BCUT2D eigenvalue weighted by Crippen LogP contribution is -2.26. The van der Waals surface area contributed by atoms with Gasteiger partial charge in [0.05, 0.1) is 5.52 Å². The molecule has 0 spiro atoms. The van der Waals surface area contributed by atoms with Gasteiger partial charge >= 0.3 is 0 Å². The SMILES string of the molecule is CCC1(I)C=Cc2cc3nc(C)cc(C)c3cc2O1. The number of aromatic nitrogens is 1. The van der Waals surface area contributed by atoms with Crippen molar-refractivity contribution >= 4 is 39.6 Å². The normalized spacial score (nSPS) is 21.3. The van der Waals surface area contributed by atoms with Gasteiger partial charge in [-0.05, 0) is 72.7 Å². The van der Waals surface area contributed by atoms with Gasteiger partial charge in [-0.3, -0.25) is 4.98 Å². The highest BCUT2D eigenvalue weighted by Gasteiger charge is 2.27. The fourth-order valence-corrected chi connectivity index (χ4v) is 2.86. The Hall–Kier alpha value is -1.10. The van der Waals surface area contributed by atoms with Gasteiger partial charge in [0.2, 0.25) is 0 Å². The van der Waals surface area contributed by atoms with Crippen LogP contribution < -0.4 is 4.74 Å². The van der Waals surface area contributed by atoms with Crippen molar-refractivity contribution in [2.75, 3.05) is 0 Å². The molecule has 0 saturated carbocycles. The number of nitrogens with zero attached hydrogens (tertiary/aromatic N) is 1. The summed E-state index contributed by atoms with van der Waals surface area (Å²) < 4.78 is 5.92. The van der Waals surface area contributed by atoms with Crippen LogP contribution in [0.1, 0.15) is 30.2 Å². The molecule has 19 heavy (non-hydrogen) atoms. The van der Waals surface area contributed by atoms with E-state index in [1.165, 1.54) is 10.9 Å². The van der Waals surface area contributed by atoms with Crippen LogP contribution in [0.15, 0.2) is 24.3 Å². The minimum atomic E-state index is -0.218. The molecule has 2 heterocycles. The predicted molar refractivity (Wildman–Crippen MR) is 87.9 cm³/mol. The second-order valence-electron chi connectivity index (χ2n) is 5.06. The second-order valence-corrected chi connectivity index (χ2v) is 6.89. The molecule has 0 aliphatic carbocycles. The molecular formula is C16H16INO. The summed E-state index contributed by atoms with van der Waals surface area (Å²) in [7, 11) is 0. The van der Waals surface area contributed by atoms with Crippen molar-refractivity contribution in [1.29, 1.82) is 0 Å². The zero-order chi connectivity index (χ0) is 13.6. The van der Waals surface area contributed by atoms with Crippen molar-refractivity contribution in [2.45, 2.75) is 30.8 Å². The molecule has 1 aromatic carbocycles. The molecule has 1 unspecified atom stereocenters. The van der Waals surface area contributed by atoms with E-state index in [1.807, 2.05) is 6.92 Å². The number of hydrogen-bond acceptors (Lipinski definition) is 2. The van der Waals surface area contributed by atoms with Gasteiger partial charge in [-0.2, -0.15) is 0 Å². The molecule has 3 rings (SSSR count). The third-order valence-corrected chi connectivity index (χ3v) is 4.89. The van der Waals surface area contributed by atoms with Gasteiger partial charge < -0.3 is 4.74 Å². The standard InChI is InChI=1S/C16H16INO/c1-4-16(17)6-5-12-8-14-13(9-15(12)19-16)10(2)7-11(3)18-14/h5-9H,4H2,1-3H3. The highest BCUT2D eigenvalue weighted by molar-refractivity contribution is 14.1. The monoisotopic (exact) mass is 365 g/mol. The van der Waals surface area contributed by atoms with E-state index >= 15 is 0 Å². The maximum absolute atomic E-state index is 6.13. The number of hydrogen-bond donors (Lipinski definition) is 0. The molecule has 3 heteroatoms. The first kappa shape index (κ1) is 12.9. The van der Waals surface area contributed by atoms with Crippen molar-refractivity contribution < 1.29 is 4.74 Å². The predicted octanol–water partition coefficient (Wildman–Crippen LogP) is 4.80. The molecular weight excluding hydrogens is 349 g/mol. The van der Waals surface area contributed by atoms with Gasteiger partial charge in [0.1, 0.15) is 5.75 Å². The number of rotatable bonds is 1. The number of alkyl halides is 1. The second kappa shape index (κ2) is 4.47. The van der Waals surface area contributed by atoms with Crippen LogP contribution in [0.2, 0.25) is 0 Å². The summed E-state index contributed by atoms with van der Waals surface area (Å²) in [6.45, 7) is 6.29. The van der Waals surface area contributed by atoms with Crippen molar-refractivity contribution in [3.05, 3.63) is 41.1 Å². The first-order valence-electron chi connectivity index (χ1n) is 6.50. The van der Waals surface area contributed by atoms with E-state index in [4.69, 9.17) is 4.74 Å². The molecule has 2 nitrogen and oxygen atoms in total. The Morgan fingerprint density at radius 3 is 2.79 bits per heavy atom. The first-order chi connectivity index (χ1) is 9.00. The molecule has 1 aliphatic heterocycles. The van der Waals surface area contributed by atoms with Crippen LogP contribution in [0.5, 0.6) is 5.75 Å². The van der Waals surface area contributed by atoms with Crippen LogP contribution in [0.3, 0.4) is 0 Å². The summed E-state index contributed by atoms with van der Waals surface area (Å²) in [5, 5.41) is 1.18. The Labute approximate surface area is 127 Å². The van der Waals surface area contributed by atoms with E-state index in [0.717, 1.165) is 28.9 Å². The number of fused-ring (bicyclic) bond motifs is 2. The maximum Gasteiger partial charge on any atom is 0.177 e. The topological polar surface area (TPSA) is 22.1 Å².